The van der Waals surface area contributed by atoms with Crippen molar-refractivity contribution in [2.24, 2.45) is 0 Å². The summed E-state index contributed by atoms with van der Waals surface area (Å²) < 4.78 is 12.3. The van der Waals surface area contributed by atoms with Crippen molar-refractivity contribution in [3.63, 3.8) is 0 Å². The predicted molar refractivity (Wildman–Crippen MR) is 175 cm³/mol. The summed E-state index contributed by atoms with van der Waals surface area (Å²) in [5, 5.41) is 7.83. The van der Waals surface area contributed by atoms with Crippen LogP contribution in [0.5, 0.6) is 11.5 Å². The number of hydrogen-bond donors (Lipinski definition) is 0. The lowest BCUT2D eigenvalue weighted by Crippen LogP contribution is -2.25. The standard InChI is InChI=1S/C37H28O2P2/c1-5-15-28(16-6-1)40(29-17-7-2-8-18-29)34-24-14-13-23-32(34)36-35(26-25-33-37(36)39-27-38-33)41(30-19-9-3-10-20-30)31-21-11-4-12-22-31/h1-26H,27H2. The van der Waals surface area contributed by atoms with E-state index in [1.165, 1.54) is 37.4 Å². The van der Waals surface area contributed by atoms with Crippen LogP contribution < -0.4 is 41.3 Å². The van der Waals surface area contributed by atoms with Gasteiger partial charge in [0.05, 0.1) is 0 Å². The third-order valence-corrected chi connectivity index (χ3v) is 12.2. The lowest BCUT2D eigenvalue weighted by Gasteiger charge is -2.27. The number of rotatable bonds is 7. The zero-order valence-corrected chi connectivity index (χ0v) is 24.2. The van der Waals surface area contributed by atoms with Gasteiger partial charge in [0.25, 0.3) is 0 Å². The molecule has 0 atom stereocenters. The average Bonchev–Trinajstić information content (AvgIpc) is 3.53. The first-order valence-corrected chi connectivity index (χ1v) is 16.4. The molecule has 6 aromatic carbocycles. The minimum absolute atomic E-state index is 0.231. The zero-order valence-electron chi connectivity index (χ0n) is 22.4. The van der Waals surface area contributed by atoms with Gasteiger partial charge in [-0.2, -0.15) is 0 Å². The summed E-state index contributed by atoms with van der Waals surface area (Å²) in [6.45, 7) is 0.231. The number of fused-ring (bicyclic) bond motifs is 1. The van der Waals surface area contributed by atoms with E-state index in [4.69, 9.17) is 9.47 Å². The van der Waals surface area contributed by atoms with Crippen LogP contribution in [0.3, 0.4) is 0 Å². The van der Waals surface area contributed by atoms with E-state index in [2.05, 4.69) is 158 Å². The molecule has 1 aliphatic rings. The van der Waals surface area contributed by atoms with E-state index in [0.29, 0.717) is 0 Å². The molecule has 0 spiro atoms. The fourth-order valence-electron chi connectivity index (χ4n) is 5.45. The molecule has 0 N–H and O–H groups in total. The Bertz CT molecular complexity index is 1680. The summed E-state index contributed by atoms with van der Waals surface area (Å²) in [7, 11) is -1.69. The minimum Gasteiger partial charge on any atom is -0.454 e. The molecular formula is C37H28O2P2. The molecule has 0 aromatic heterocycles. The van der Waals surface area contributed by atoms with E-state index in [9.17, 15) is 0 Å². The van der Waals surface area contributed by atoms with Crippen LogP contribution in [0.4, 0.5) is 0 Å². The summed E-state index contributed by atoms with van der Waals surface area (Å²) in [5.74, 6) is 1.64. The van der Waals surface area contributed by atoms with E-state index in [0.717, 1.165) is 17.1 Å². The molecule has 41 heavy (non-hydrogen) atoms. The summed E-state index contributed by atoms with van der Waals surface area (Å²) in [6, 6.07) is 56.7. The van der Waals surface area contributed by atoms with Crippen molar-refractivity contribution < 1.29 is 9.47 Å². The highest BCUT2D eigenvalue weighted by Gasteiger charge is 2.30. The van der Waals surface area contributed by atoms with Gasteiger partial charge < -0.3 is 9.47 Å². The summed E-state index contributed by atoms with van der Waals surface area (Å²) in [5.41, 5.74) is 2.33. The van der Waals surface area contributed by atoms with Gasteiger partial charge in [-0.25, -0.2) is 0 Å². The fourth-order valence-corrected chi connectivity index (χ4v) is 10.4. The molecule has 198 valence electrons. The van der Waals surface area contributed by atoms with Crippen molar-refractivity contribution >= 4 is 47.7 Å². The quantitative estimate of drug-likeness (QED) is 0.203. The van der Waals surface area contributed by atoms with Crippen LogP contribution in [0.1, 0.15) is 0 Å². The first kappa shape index (κ1) is 25.7. The Morgan fingerprint density at radius 1 is 0.390 bits per heavy atom. The Kier molecular flexibility index (Phi) is 7.35. The van der Waals surface area contributed by atoms with Gasteiger partial charge >= 0.3 is 0 Å². The molecule has 1 aliphatic heterocycles. The lowest BCUT2D eigenvalue weighted by atomic mass is 10.0. The van der Waals surface area contributed by atoms with Crippen molar-refractivity contribution in [2.45, 2.75) is 0 Å². The Hall–Kier alpha value is -4.22. The largest absolute Gasteiger partial charge is 0.454 e. The fraction of sp³-hybridized carbons (Fsp3) is 0.0270. The van der Waals surface area contributed by atoms with Crippen LogP contribution in [0.2, 0.25) is 0 Å². The van der Waals surface area contributed by atoms with Crippen LogP contribution in [0.15, 0.2) is 158 Å². The first-order chi connectivity index (χ1) is 20.4. The molecule has 7 rings (SSSR count). The molecule has 2 nitrogen and oxygen atoms in total. The van der Waals surface area contributed by atoms with E-state index >= 15 is 0 Å². The molecule has 0 radical (unpaired) electrons. The Labute approximate surface area is 243 Å². The summed E-state index contributed by atoms with van der Waals surface area (Å²) >= 11 is 0. The number of ether oxygens (including phenoxy) is 2. The van der Waals surface area contributed by atoms with Gasteiger partial charge in [0, 0.05) is 5.56 Å². The van der Waals surface area contributed by atoms with E-state index < -0.39 is 15.8 Å². The van der Waals surface area contributed by atoms with Crippen molar-refractivity contribution in [1.29, 1.82) is 0 Å². The van der Waals surface area contributed by atoms with E-state index in [1.54, 1.807) is 0 Å². The van der Waals surface area contributed by atoms with Crippen molar-refractivity contribution in [1.82, 2.24) is 0 Å². The van der Waals surface area contributed by atoms with Crippen LogP contribution in [-0.4, -0.2) is 6.79 Å². The van der Waals surface area contributed by atoms with Crippen LogP contribution in [0.25, 0.3) is 11.1 Å². The first-order valence-electron chi connectivity index (χ1n) is 13.7. The maximum atomic E-state index is 6.29. The molecule has 0 unspecified atom stereocenters. The zero-order chi connectivity index (χ0) is 27.4. The molecule has 6 aromatic rings. The number of hydrogen-bond acceptors (Lipinski definition) is 2. The summed E-state index contributed by atoms with van der Waals surface area (Å²) in [4.78, 5) is 0. The molecule has 4 heteroatoms. The van der Waals surface area contributed by atoms with Crippen molar-refractivity contribution in [3.8, 4) is 22.6 Å². The van der Waals surface area contributed by atoms with Gasteiger partial charge in [-0.1, -0.05) is 146 Å². The van der Waals surface area contributed by atoms with Crippen LogP contribution in [-0.2, 0) is 0 Å². The van der Waals surface area contributed by atoms with Gasteiger partial charge in [0.2, 0.25) is 6.79 Å². The van der Waals surface area contributed by atoms with Crippen molar-refractivity contribution in [3.05, 3.63) is 158 Å². The molecule has 0 saturated carbocycles. The molecule has 0 amide bonds. The van der Waals surface area contributed by atoms with Crippen molar-refractivity contribution in [2.75, 3.05) is 6.79 Å². The van der Waals surface area contributed by atoms with Crippen LogP contribution >= 0.6 is 15.8 Å². The van der Waals surface area contributed by atoms with Gasteiger partial charge in [-0.15, -0.1) is 0 Å². The number of benzene rings is 6. The van der Waals surface area contributed by atoms with Gasteiger partial charge in [-0.3, -0.25) is 0 Å². The maximum absolute atomic E-state index is 6.29. The predicted octanol–water partition coefficient (Wildman–Crippen LogP) is 6.60. The lowest BCUT2D eigenvalue weighted by molar-refractivity contribution is 0.174. The molecule has 0 aliphatic carbocycles. The van der Waals surface area contributed by atoms with E-state index in [-0.39, 0.29) is 6.79 Å². The Morgan fingerprint density at radius 3 is 1.34 bits per heavy atom. The highest BCUT2D eigenvalue weighted by atomic mass is 31.1. The monoisotopic (exact) mass is 566 g/mol. The highest BCUT2D eigenvalue weighted by Crippen LogP contribution is 2.48. The average molecular weight is 567 g/mol. The Morgan fingerprint density at radius 2 is 0.829 bits per heavy atom. The highest BCUT2D eigenvalue weighted by molar-refractivity contribution is 7.80. The third kappa shape index (κ3) is 5.07. The smallest absolute Gasteiger partial charge is 0.231 e. The second-order valence-corrected chi connectivity index (χ2v) is 14.1. The minimum atomic E-state index is -0.865. The van der Waals surface area contributed by atoms with Gasteiger partial charge in [-0.05, 0) is 65.4 Å². The molecule has 1 heterocycles. The topological polar surface area (TPSA) is 18.5 Å². The molecule has 0 bridgehead atoms. The van der Waals surface area contributed by atoms with Gasteiger partial charge in [0.15, 0.2) is 11.5 Å². The van der Waals surface area contributed by atoms with E-state index in [1.807, 2.05) is 0 Å². The van der Waals surface area contributed by atoms with Crippen LogP contribution in [0, 0.1) is 0 Å². The SMILES string of the molecule is c1ccc(P(c2ccccc2)c2ccccc2-c2c(P(c3ccccc3)c3ccccc3)ccc3c2OCO3)cc1. The molecular weight excluding hydrogens is 538 g/mol. The third-order valence-electron chi connectivity index (χ3n) is 7.23. The second-order valence-electron chi connectivity index (χ2n) is 9.72. The maximum Gasteiger partial charge on any atom is 0.231 e. The second kappa shape index (κ2) is 11.7. The molecule has 0 saturated heterocycles. The van der Waals surface area contributed by atoms with Gasteiger partial charge in [0.1, 0.15) is 0 Å². The molecule has 0 fully saturated rings. The Balaban J connectivity index is 1.51. The normalized spacial score (nSPS) is 12.1. The summed E-state index contributed by atoms with van der Waals surface area (Å²) in [6.07, 6.45) is 0.